The van der Waals surface area contributed by atoms with Crippen molar-refractivity contribution in [3.8, 4) is 0 Å². The predicted octanol–water partition coefficient (Wildman–Crippen LogP) is 3.47. The Morgan fingerprint density at radius 2 is 1.47 bits per heavy atom. The van der Waals surface area contributed by atoms with Gasteiger partial charge in [0.2, 0.25) is 15.9 Å². The van der Waals surface area contributed by atoms with E-state index in [1.54, 1.807) is 23.1 Å². The molecule has 1 aliphatic heterocycles. The molecule has 0 aliphatic carbocycles. The van der Waals surface area contributed by atoms with Gasteiger partial charge < -0.3 is 4.90 Å². The van der Waals surface area contributed by atoms with Crippen LogP contribution in [-0.4, -0.2) is 55.5 Å². The molecule has 166 valence electrons. The summed E-state index contributed by atoms with van der Waals surface area (Å²) in [5.74, 6) is -0.840. The number of nitrogens with zero attached hydrogens (tertiary/aromatic N) is 2. The molecule has 0 unspecified atom stereocenters. The van der Waals surface area contributed by atoms with Crippen molar-refractivity contribution in [3.63, 3.8) is 0 Å². The molecule has 3 aromatic carbocycles. The van der Waals surface area contributed by atoms with Gasteiger partial charge in [0.15, 0.2) is 5.78 Å². The second-order valence-corrected chi connectivity index (χ2v) is 9.66. The largest absolute Gasteiger partial charge is 0.340 e. The van der Waals surface area contributed by atoms with Gasteiger partial charge in [-0.25, -0.2) is 12.8 Å². The quantitative estimate of drug-likeness (QED) is 0.535. The Bertz CT molecular complexity index is 1250. The molecule has 0 saturated carbocycles. The number of fused-ring (bicyclic) bond motifs is 1. The SMILES string of the molecule is O=C(CCC(=O)N1CCN(S(=O)(=O)c2ccc3ccccc3c2)CC1)c1ccc(F)cc1. The number of carbonyl (C=O) groups is 2. The van der Waals surface area contributed by atoms with E-state index in [0.717, 1.165) is 10.8 Å². The Balaban J connectivity index is 1.34. The van der Waals surface area contributed by atoms with Gasteiger partial charge in [-0.05, 0) is 47.2 Å². The summed E-state index contributed by atoms with van der Waals surface area (Å²) in [6.07, 6.45) is 0.0632. The molecule has 0 radical (unpaired) electrons. The monoisotopic (exact) mass is 454 g/mol. The Hall–Kier alpha value is -3.10. The average molecular weight is 455 g/mol. The maximum atomic E-state index is 13.1. The molecule has 0 aromatic heterocycles. The molecule has 1 fully saturated rings. The van der Waals surface area contributed by atoms with Crippen molar-refractivity contribution >= 4 is 32.5 Å². The summed E-state index contributed by atoms with van der Waals surface area (Å²) in [5.41, 5.74) is 0.366. The van der Waals surface area contributed by atoms with Crippen molar-refractivity contribution in [2.24, 2.45) is 0 Å². The minimum absolute atomic E-state index is 0.0278. The van der Waals surface area contributed by atoms with Gasteiger partial charge in [-0.2, -0.15) is 4.31 Å². The van der Waals surface area contributed by atoms with Crippen LogP contribution in [0.1, 0.15) is 23.2 Å². The van der Waals surface area contributed by atoms with Crippen molar-refractivity contribution < 1.29 is 22.4 Å². The molecule has 1 saturated heterocycles. The van der Waals surface area contributed by atoms with Crippen LogP contribution in [-0.2, 0) is 14.8 Å². The van der Waals surface area contributed by atoms with Crippen molar-refractivity contribution in [2.75, 3.05) is 26.2 Å². The van der Waals surface area contributed by atoms with E-state index < -0.39 is 15.8 Å². The topological polar surface area (TPSA) is 74.8 Å². The molecule has 3 aromatic rings. The molecule has 0 atom stereocenters. The van der Waals surface area contributed by atoms with E-state index >= 15 is 0 Å². The number of hydrogen-bond acceptors (Lipinski definition) is 4. The first kappa shape index (κ1) is 22.1. The van der Waals surface area contributed by atoms with E-state index in [1.807, 2.05) is 24.3 Å². The summed E-state index contributed by atoms with van der Waals surface area (Å²) in [6, 6.07) is 17.9. The van der Waals surface area contributed by atoms with Crippen LogP contribution < -0.4 is 0 Å². The van der Waals surface area contributed by atoms with Crippen molar-refractivity contribution in [3.05, 3.63) is 78.1 Å². The molecule has 1 heterocycles. The van der Waals surface area contributed by atoms with E-state index in [2.05, 4.69) is 0 Å². The van der Waals surface area contributed by atoms with Gasteiger partial charge in [0, 0.05) is 44.6 Å². The second kappa shape index (κ2) is 9.18. The Morgan fingerprint density at radius 1 is 0.812 bits per heavy atom. The number of sulfonamides is 1. The lowest BCUT2D eigenvalue weighted by Crippen LogP contribution is -2.50. The average Bonchev–Trinajstić information content (AvgIpc) is 2.82. The van der Waals surface area contributed by atoms with Crippen molar-refractivity contribution in [1.82, 2.24) is 9.21 Å². The molecule has 8 heteroatoms. The molecule has 1 aliphatic rings. The molecule has 32 heavy (non-hydrogen) atoms. The highest BCUT2D eigenvalue weighted by molar-refractivity contribution is 7.89. The number of ketones is 1. The van der Waals surface area contributed by atoms with Crippen LogP contribution in [0.4, 0.5) is 4.39 Å². The van der Waals surface area contributed by atoms with Gasteiger partial charge in [0.1, 0.15) is 5.82 Å². The number of Topliss-reactive ketones (excluding diaryl/α,β-unsaturated/α-hetero) is 1. The van der Waals surface area contributed by atoms with Gasteiger partial charge in [-0.3, -0.25) is 9.59 Å². The van der Waals surface area contributed by atoms with Crippen LogP contribution in [0.5, 0.6) is 0 Å². The van der Waals surface area contributed by atoms with Gasteiger partial charge in [-0.15, -0.1) is 0 Å². The first-order valence-corrected chi connectivity index (χ1v) is 11.8. The predicted molar refractivity (Wildman–Crippen MR) is 119 cm³/mol. The first-order chi connectivity index (χ1) is 15.3. The standard InChI is InChI=1S/C24H23FN2O4S/c25-21-8-5-19(6-9-21)23(28)11-12-24(29)26-13-15-27(16-14-26)32(30,31)22-10-7-18-3-1-2-4-20(18)17-22/h1-10,17H,11-16H2. The summed E-state index contributed by atoms with van der Waals surface area (Å²) in [7, 11) is -3.66. The van der Waals surface area contributed by atoms with Crippen LogP contribution in [0.3, 0.4) is 0 Å². The number of carbonyl (C=O) groups excluding carboxylic acids is 2. The summed E-state index contributed by atoms with van der Waals surface area (Å²) < 4.78 is 40.5. The molecule has 0 N–H and O–H groups in total. The Labute approximate surface area is 186 Å². The lowest BCUT2D eigenvalue weighted by molar-refractivity contribution is -0.132. The van der Waals surface area contributed by atoms with E-state index in [1.165, 1.54) is 28.6 Å². The zero-order valence-electron chi connectivity index (χ0n) is 17.4. The molecule has 0 spiro atoms. The normalized spacial score (nSPS) is 15.1. The zero-order chi connectivity index (χ0) is 22.7. The highest BCUT2D eigenvalue weighted by atomic mass is 32.2. The summed E-state index contributed by atoms with van der Waals surface area (Å²) >= 11 is 0. The van der Waals surface area contributed by atoms with Gasteiger partial charge in [-0.1, -0.05) is 30.3 Å². The zero-order valence-corrected chi connectivity index (χ0v) is 18.2. The van der Waals surface area contributed by atoms with E-state index in [9.17, 15) is 22.4 Å². The fourth-order valence-corrected chi connectivity index (χ4v) is 5.27. The Morgan fingerprint density at radius 3 is 2.16 bits per heavy atom. The number of halogens is 1. The van der Waals surface area contributed by atoms with E-state index in [0.29, 0.717) is 5.56 Å². The van der Waals surface area contributed by atoms with Gasteiger partial charge in [0.05, 0.1) is 4.90 Å². The molecular formula is C24H23FN2O4S. The molecular weight excluding hydrogens is 431 g/mol. The molecule has 4 rings (SSSR count). The van der Waals surface area contributed by atoms with Crippen molar-refractivity contribution in [2.45, 2.75) is 17.7 Å². The minimum atomic E-state index is -3.66. The van der Waals surface area contributed by atoms with E-state index in [4.69, 9.17) is 0 Å². The summed E-state index contributed by atoms with van der Waals surface area (Å²) in [5, 5.41) is 1.82. The molecule has 1 amide bonds. The maximum Gasteiger partial charge on any atom is 0.243 e. The molecule has 6 nitrogen and oxygen atoms in total. The number of amides is 1. The van der Waals surface area contributed by atoms with Crippen LogP contribution >= 0.6 is 0 Å². The number of rotatable bonds is 6. The summed E-state index contributed by atoms with van der Waals surface area (Å²) in [4.78, 5) is 26.5. The highest BCUT2D eigenvalue weighted by Crippen LogP contribution is 2.23. The van der Waals surface area contributed by atoms with Crippen LogP contribution in [0, 0.1) is 5.82 Å². The van der Waals surface area contributed by atoms with Crippen LogP contribution in [0.2, 0.25) is 0 Å². The fourth-order valence-electron chi connectivity index (χ4n) is 3.81. The first-order valence-electron chi connectivity index (χ1n) is 10.4. The second-order valence-electron chi connectivity index (χ2n) is 7.72. The smallest absolute Gasteiger partial charge is 0.243 e. The number of benzene rings is 3. The molecule has 0 bridgehead atoms. The Kier molecular flexibility index (Phi) is 6.34. The third-order valence-corrected chi connectivity index (χ3v) is 7.58. The van der Waals surface area contributed by atoms with Crippen LogP contribution in [0.15, 0.2) is 71.6 Å². The fraction of sp³-hybridized carbons (Fsp3) is 0.250. The third-order valence-electron chi connectivity index (χ3n) is 5.68. The summed E-state index contributed by atoms with van der Waals surface area (Å²) in [6.45, 7) is 0.951. The van der Waals surface area contributed by atoms with E-state index in [-0.39, 0.29) is 55.6 Å². The number of piperazine rings is 1. The lowest BCUT2D eigenvalue weighted by Gasteiger charge is -2.34. The van der Waals surface area contributed by atoms with Crippen molar-refractivity contribution in [1.29, 1.82) is 0 Å². The van der Waals surface area contributed by atoms with Crippen LogP contribution in [0.25, 0.3) is 10.8 Å². The number of hydrogen-bond donors (Lipinski definition) is 0. The van der Waals surface area contributed by atoms with Gasteiger partial charge in [0.25, 0.3) is 0 Å². The maximum absolute atomic E-state index is 13.1. The highest BCUT2D eigenvalue weighted by Gasteiger charge is 2.30. The van der Waals surface area contributed by atoms with Gasteiger partial charge >= 0.3 is 0 Å². The minimum Gasteiger partial charge on any atom is -0.340 e. The third kappa shape index (κ3) is 4.71. The lowest BCUT2D eigenvalue weighted by atomic mass is 10.1.